The van der Waals surface area contributed by atoms with E-state index in [1.807, 2.05) is 6.07 Å². The molecule has 0 aromatic heterocycles. The highest BCUT2D eigenvalue weighted by Gasteiger charge is 2.45. The van der Waals surface area contributed by atoms with Gasteiger partial charge in [0.05, 0.1) is 0 Å². The number of nitrogens with zero attached hydrogens (tertiary/aromatic N) is 2. The highest BCUT2D eigenvalue weighted by atomic mass is 31.2. The van der Waals surface area contributed by atoms with E-state index in [0.29, 0.717) is 50.6 Å². The number of benzene rings is 2. The van der Waals surface area contributed by atoms with Gasteiger partial charge in [-0.2, -0.15) is 0 Å². The molecule has 0 radical (unpaired) electrons. The van der Waals surface area contributed by atoms with Gasteiger partial charge in [-0.1, -0.05) is 42.5 Å². The fourth-order valence-electron chi connectivity index (χ4n) is 5.99. The van der Waals surface area contributed by atoms with Gasteiger partial charge in [-0.25, -0.2) is 9.36 Å². The molecule has 0 saturated carbocycles. The zero-order chi connectivity index (χ0) is 35.6. The molecule has 0 bridgehead atoms. The average Bonchev–Trinajstić information content (AvgIpc) is 3.42. The maximum atomic E-state index is 13.9. The summed E-state index contributed by atoms with van der Waals surface area (Å²) >= 11 is 0. The van der Waals surface area contributed by atoms with Gasteiger partial charge in [0, 0.05) is 39.5 Å². The van der Waals surface area contributed by atoms with Crippen molar-refractivity contribution in [1.29, 1.82) is 0 Å². The van der Waals surface area contributed by atoms with Gasteiger partial charge in [-0.3, -0.25) is 29.0 Å². The molecule has 16 heteroatoms. The Bertz CT molecular complexity index is 1520. The van der Waals surface area contributed by atoms with E-state index in [-0.39, 0.29) is 49.0 Å². The number of phosphoric acid groups is 1. The van der Waals surface area contributed by atoms with E-state index in [9.17, 15) is 28.5 Å². The molecule has 5 amide bonds. The quantitative estimate of drug-likeness (QED) is 0.143. The first kappa shape index (κ1) is 37.4. The number of nitrogens with one attached hydrogen (secondary N) is 3. The summed E-state index contributed by atoms with van der Waals surface area (Å²) in [6, 6.07) is 11.6. The Morgan fingerprint density at radius 3 is 2.37 bits per heavy atom. The van der Waals surface area contributed by atoms with Crippen LogP contribution < -0.4 is 20.5 Å². The molecule has 2 saturated heterocycles. The Morgan fingerprint density at radius 2 is 1.69 bits per heavy atom. The van der Waals surface area contributed by atoms with Crippen LogP contribution in [0.25, 0.3) is 0 Å². The van der Waals surface area contributed by atoms with Gasteiger partial charge < -0.3 is 35.0 Å². The summed E-state index contributed by atoms with van der Waals surface area (Å²) in [5, 5.41) is 8.23. The second-order valence-corrected chi connectivity index (χ2v) is 13.5. The Morgan fingerprint density at radius 1 is 0.980 bits per heavy atom. The molecule has 4 atom stereocenters. The van der Waals surface area contributed by atoms with Crippen molar-refractivity contribution in [2.75, 3.05) is 20.6 Å². The molecular weight excluding hydrogens is 657 g/mol. The van der Waals surface area contributed by atoms with E-state index in [0.717, 1.165) is 5.56 Å². The van der Waals surface area contributed by atoms with Crippen LogP contribution in [0.5, 0.6) is 5.75 Å². The fraction of sp³-hybridized carbons (Fsp3) is 0.485. The molecule has 2 aromatic rings. The molecule has 266 valence electrons. The van der Waals surface area contributed by atoms with Gasteiger partial charge in [0.15, 0.2) is 0 Å². The lowest BCUT2D eigenvalue weighted by Crippen LogP contribution is -2.57. The number of fused-ring (bicyclic) bond motifs is 1. The maximum absolute atomic E-state index is 13.9. The first-order valence-corrected chi connectivity index (χ1v) is 17.8. The molecule has 0 aliphatic carbocycles. The lowest BCUT2D eigenvalue weighted by Gasteiger charge is -2.31. The Balaban J connectivity index is 1.43. The maximum Gasteiger partial charge on any atom is 0.524 e. The Kier molecular flexibility index (Phi) is 13.2. The van der Waals surface area contributed by atoms with E-state index in [1.165, 1.54) is 29.2 Å². The summed E-state index contributed by atoms with van der Waals surface area (Å²) in [5.74, 6) is -1.44. The molecule has 2 fully saturated rings. The van der Waals surface area contributed by atoms with Crippen LogP contribution in [0.3, 0.4) is 0 Å². The number of carbonyl (C=O) groups excluding carboxylic acids is 5. The molecule has 5 N–H and O–H groups in total. The molecule has 49 heavy (non-hydrogen) atoms. The third-order valence-corrected chi connectivity index (χ3v) is 8.93. The number of hydrogen-bond acceptors (Lipinski definition) is 8. The number of amides is 5. The van der Waals surface area contributed by atoms with Crippen molar-refractivity contribution in [2.24, 2.45) is 0 Å². The standard InChI is InChI=1S/C33H44N5O10P/c1-37(2)29(39)12-7-19-34-31(41)28-18-15-24-10-6-11-26(32(42)38(24)28)35-30(40)27(36-33(43)47-21-23-8-4-3-5-9-23)20-22-13-16-25(17-14-22)48-49(44,45)46/h3-5,8-9,13-14,16-17,24,26-28H,6-7,10-12,15,18-21H2,1-2H3,(H,34,41)(H,35,40)(H,36,43)(H2,44,45,46)/t24?,26-,27-,28-/m0/s1. The van der Waals surface area contributed by atoms with Gasteiger partial charge >= 0.3 is 13.9 Å². The van der Waals surface area contributed by atoms with E-state index in [1.54, 1.807) is 43.3 Å². The molecule has 1 unspecified atom stereocenters. The fourth-order valence-corrected chi connectivity index (χ4v) is 6.39. The number of rotatable bonds is 14. The second-order valence-electron chi connectivity index (χ2n) is 12.4. The van der Waals surface area contributed by atoms with Crippen LogP contribution in [0.4, 0.5) is 4.79 Å². The van der Waals surface area contributed by atoms with Crippen LogP contribution in [0, 0.1) is 0 Å². The van der Waals surface area contributed by atoms with Crippen molar-refractivity contribution in [1.82, 2.24) is 25.8 Å². The number of hydrogen-bond donors (Lipinski definition) is 5. The summed E-state index contributed by atoms with van der Waals surface area (Å²) in [6.07, 6.45) is 2.65. The molecule has 15 nitrogen and oxygen atoms in total. The monoisotopic (exact) mass is 701 g/mol. The predicted octanol–water partition coefficient (Wildman–Crippen LogP) is 2.01. The largest absolute Gasteiger partial charge is 0.524 e. The van der Waals surface area contributed by atoms with Gasteiger partial charge in [-0.15, -0.1) is 0 Å². The summed E-state index contributed by atoms with van der Waals surface area (Å²) in [5.41, 5.74) is 1.27. The van der Waals surface area contributed by atoms with Crippen LogP contribution in [0.2, 0.25) is 0 Å². The minimum Gasteiger partial charge on any atom is -0.445 e. The minimum absolute atomic E-state index is 0.0394. The van der Waals surface area contributed by atoms with E-state index in [4.69, 9.17) is 14.5 Å². The minimum atomic E-state index is -4.77. The average molecular weight is 702 g/mol. The normalized spacial score (nSPS) is 19.6. The van der Waals surface area contributed by atoms with Crippen molar-refractivity contribution in [3.8, 4) is 5.75 Å². The lowest BCUT2D eigenvalue weighted by atomic mass is 10.0. The highest BCUT2D eigenvalue weighted by Crippen LogP contribution is 2.37. The smallest absolute Gasteiger partial charge is 0.445 e. The van der Waals surface area contributed by atoms with E-state index in [2.05, 4.69) is 20.5 Å². The number of carbonyl (C=O) groups is 5. The van der Waals surface area contributed by atoms with Crippen LogP contribution in [-0.4, -0.2) is 94.1 Å². The number of phosphoric ester groups is 1. The van der Waals surface area contributed by atoms with Gasteiger partial charge in [-0.05, 0) is 61.8 Å². The lowest BCUT2D eigenvalue weighted by molar-refractivity contribution is -0.142. The van der Waals surface area contributed by atoms with Crippen LogP contribution in [0.1, 0.15) is 56.1 Å². The first-order valence-electron chi connectivity index (χ1n) is 16.2. The molecule has 2 aliphatic heterocycles. The van der Waals surface area contributed by atoms with Crippen LogP contribution in [-0.2, 0) is 41.5 Å². The molecule has 0 spiro atoms. The SMILES string of the molecule is CN(C)C(=O)CCCNC(=O)[C@@H]1CCC2CCC[C@H](NC(=O)[C@H](Cc3ccc(OP(=O)(O)O)cc3)NC(=O)OCc3ccccc3)C(=O)N21. The Labute approximate surface area is 284 Å². The molecular formula is C33H44N5O10P. The molecule has 2 heterocycles. The number of ether oxygens (including phenoxy) is 1. The van der Waals surface area contributed by atoms with Crippen LogP contribution in [0.15, 0.2) is 54.6 Å². The summed E-state index contributed by atoms with van der Waals surface area (Å²) < 4.78 is 21.1. The second kappa shape index (κ2) is 17.3. The van der Waals surface area contributed by atoms with E-state index < -0.39 is 37.9 Å². The third-order valence-electron chi connectivity index (χ3n) is 8.48. The van der Waals surface area contributed by atoms with Crippen molar-refractivity contribution in [3.05, 3.63) is 65.7 Å². The zero-order valence-electron chi connectivity index (χ0n) is 27.6. The Hall–Kier alpha value is -4.46. The first-order chi connectivity index (χ1) is 23.3. The number of alkyl carbamates (subject to hydrolysis) is 1. The van der Waals surface area contributed by atoms with Crippen molar-refractivity contribution >= 4 is 37.5 Å². The highest BCUT2D eigenvalue weighted by molar-refractivity contribution is 7.46. The van der Waals surface area contributed by atoms with Gasteiger partial charge in [0.1, 0.15) is 30.5 Å². The van der Waals surface area contributed by atoms with Gasteiger partial charge in [0.2, 0.25) is 23.6 Å². The van der Waals surface area contributed by atoms with Crippen molar-refractivity contribution in [3.63, 3.8) is 0 Å². The summed E-state index contributed by atoms with van der Waals surface area (Å²) in [6.45, 7) is 0.254. The molecule has 2 aromatic carbocycles. The predicted molar refractivity (Wildman–Crippen MR) is 177 cm³/mol. The summed E-state index contributed by atoms with van der Waals surface area (Å²) in [4.78, 5) is 86.7. The zero-order valence-corrected chi connectivity index (χ0v) is 28.5. The van der Waals surface area contributed by atoms with E-state index >= 15 is 0 Å². The molecule has 2 aliphatic rings. The summed E-state index contributed by atoms with van der Waals surface area (Å²) in [7, 11) is -1.44. The topological polar surface area (TPSA) is 204 Å². The van der Waals surface area contributed by atoms with Gasteiger partial charge in [0.25, 0.3) is 0 Å². The van der Waals surface area contributed by atoms with Crippen LogP contribution >= 0.6 is 7.82 Å². The van der Waals surface area contributed by atoms with Crippen molar-refractivity contribution in [2.45, 2.75) is 82.1 Å². The molecule has 4 rings (SSSR count). The van der Waals surface area contributed by atoms with Crippen molar-refractivity contribution < 1.29 is 47.6 Å². The third kappa shape index (κ3) is 11.3.